The van der Waals surface area contributed by atoms with Crippen molar-refractivity contribution in [1.29, 1.82) is 0 Å². The van der Waals surface area contributed by atoms with Crippen molar-refractivity contribution >= 4 is 0 Å². The Morgan fingerprint density at radius 2 is 1.65 bits per heavy atom. The summed E-state index contributed by atoms with van der Waals surface area (Å²) in [6.07, 6.45) is -3.09. The second kappa shape index (κ2) is 10.2. The highest BCUT2D eigenvalue weighted by Gasteiger charge is 2.30. The van der Waals surface area contributed by atoms with E-state index in [1.807, 2.05) is 55.6 Å². The Labute approximate surface area is 197 Å². The molecule has 4 rings (SSSR count). The summed E-state index contributed by atoms with van der Waals surface area (Å²) in [7, 11) is 1.83. The maximum absolute atomic E-state index is 12.9. The SMILES string of the molecule is C=C(NC)[C@H](N[C@H](CCc1ccc(C(F)(F)F)cc1)c1ccc2c(c1)OCO2)c1ccccc1. The quantitative estimate of drug-likeness (QED) is 0.394. The molecular formula is C27H27F3N2O2. The van der Waals surface area contributed by atoms with Crippen LogP contribution in [-0.2, 0) is 12.6 Å². The molecule has 1 aliphatic heterocycles. The average molecular weight is 469 g/mol. The van der Waals surface area contributed by atoms with Gasteiger partial charge in [-0.3, -0.25) is 5.32 Å². The topological polar surface area (TPSA) is 42.5 Å². The summed E-state index contributed by atoms with van der Waals surface area (Å²) in [5.74, 6) is 1.38. The van der Waals surface area contributed by atoms with Gasteiger partial charge in [-0.05, 0) is 53.8 Å². The lowest BCUT2D eigenvalue weighted by molar-refractivity contribution is -0.137. The number of hydrogen-bond donors (Lipinski definition) is 2. The molecule has 7 heteroatoms. The van der Waals surface area contributed by atoms with Crippen molar-refractivity contribution in [3.05, 3.63) is 107 Å². The molecule has 0 radical (unpaired) electrons. The van der Waals surface area contributed by atoms with Crippen LogP contribution in [0.15, 0.2) is 85.1 Å². The van der Waals surface area contributed by atoms with Gasteiger partial charge in [-0.1, -0.05) is 55.1 Å². The molecule has 0 aromatic heterocycles. The van der Waals surface area contributed by atoms with Crippen LogP contribution in [-0.4, -0.2) is 13.8 Å². The van der Waals surface area contributed by atoms with Gasteiger partial charge in [-0.15, -0.1) is 0 Å². The number of aryl methyl sites for hydroxylation is 1. The number of fused-ring (bicyclic) bond motifs is 1. The van der Waals surface area contributed by atoms with Crippen molar-refractivity contribution in [2.75, 3.05) is 13.8 Å². The van der Waals surface area contributed by atoms with Gasteiger partial charge in [0.1, 0.15) is 0 Å². The fraction of sp³-hybridized carbons (Fsp3) is 0.259. The molecule has 0 amide bonds. The van der Waals surface area contributed by atoms with Crippen molar-refractivity contribution in [3.63, 3.8) is 0 Å². The minimum absolute atomic E-state index is 0.118. The molecule has 1 aliphatic rings. The normalized spacial score (nSPS) is 14.5. The zero-order valence-electron chi connectivity index (χ0n) is 18.9. The molecule has 0 unspecified atom stereocenters. The van der Waals surface area contributed by atoms with Crippen LogP contribution in [0, 0.1) is 0 Å². The summed E-state index contributed by atoms with van der Waals surface area (Å²) in [5, 5.41) is 6.84. The number of alkyl halides is 3. The number of nitrogens with one attached hydrogen (secondary N) is 2. The zero-order valence-corrected chi connectivity index (χ0v) is 18.9. The third-order valence-corrected chi connectivity index (χ3v) is 5.97. The molecule has 178 valence electrons. The molecule has 0 bridgehead atoms. The van der Waals surface area contributed by atoms with Gasteiger partial charge in [0.05, 0.1) is 11.6 Å². The lowest BCUT2D eigenvalue weighted by atomic mass is 9.95. The number of halogens is 3. The Morgan fingerprint density at radius 3 is 2.32 bits per heavy atom. The molecule has 2 atom stereocenters. The Bertz CT molecular complexity index is 1110. The number of ether oxygens (including phenoxy) is 2. The lowest BCUT2D eigenvalue weighted by Gasteiger charge is -2.28. The Balaban J connectivity index is 1.59. The third kappa shape index (κ3) is 5.54. The first-order chi connectivity index (χ1) is 16.3. The predicted molar refractivity (Wildman–Crippen MR) is 126 cm³/mol. The maximum atomic E-state index is 12.9. The van der Waals surface area contributed by atoms with Crippen LogP contribution < -0.4 is 20.1 Å². The van der Waals surface area contributed by atoms with E-state index in [4.69, 9.17) is 9.47 Å². The molecule has 34 heavy (non-hydrogen) atoms. The largest absolute Gasteiger partial charge is 0.454 e. The second-order valence-corrected chi connectivity index (χ2v) is 8.18. The summed E-state index contributed by atoms with van der Waals surface area (Å²) >= 11 is 0. The fourth-order valence-electron chi connectivity index (χ4n) is 4.04. The van der Waals surface area contributed by atoms with E-state index in [9.17, 15) is 13.2 Å². The predicted octanol–water partition coefficient (Wildman–Crippen LogP) is 6.17. The van der Waals surface area contributed by atoms with Crippen molar-refractivity contribution in [3.8, 4) is 11.5 Å². The highest BCUT2D eigenvalue weighted by Crippen LogP contribution is 2.36. The Hall–Kier alpha value is -3.45. The first-order valence-electron chi connectivity index (χ1n) is 11.1. The fourth-order valence-corrected chi connectivity index (χ4v) is 4.04. The molecule has 4 nitrogen and oxygen atoms in total. The van der Waals surface area contributed by atoms with Crippen LogP contribution in [0.4, 0.5) is 13.2 Å². The van der Waals surface area contributed by atoms with Gasteiger partial charge >= 0.3 is 6.18 Å². The molecule has 3 aromatic rings. The van der Waals surface area contributed by atoms with Gasteiger partial charge in [0.25, 0.3) is 0 Å². The highest BCUT2D eigenvalue weighted by atomic mass is 19.4. The summed E-state index contributed by atoms with van der Waals surface area (Å²) in [6, 6.07) is 20.9. The maximum Gasteiger partial charge on any atom is 0.416 e. The molecule has 2 N–H and O–H groups in total. The second-order valence-electron chi connectivity index (χ2n) is 8.18. The van der Waals surface area contributed by atoms with Crippen molar-refractivity contribution in [1.82, 2.24) is 10.6 Å². The van der Waals surface area contributed by atoms with E-state index in [1.165, 1.54) is 0 Å². The minimum atomic E-state index is -4.34. The Morgan fingerprint density at radius 1 is 0.941 bits per heavy atom. The molecule has 0 aliphatic carbocycles. The van der Waals surface area contributed by atoms with Crippen molar-refractivity contribution in [2.24, 2.45) is 0 Å². The van der Waals surface area contributed by atoms with E-state index < -0.39 is 11.7 Å². The van der Waals surface area contributed by atoms with Crippen LogP contribution in [0.5, 0.6) is 11.5 Å². The third-order valence-electron chi connectivity index (χ3n) is 5.97. The number of hydrogen-bond acceptors (Lipinski definition) is 4. The summed E-state index contributed by atoms with van der Waals surface area (Å²) in [6.45, 7) is 4.37. The van der Waals surface area contributed by atoms with Gasteiger partial charge in [0.2, 0.25) is 6.79 Å². The minimum Gasteiger partial charge on any atom is -0.454 e. The van der Waals surface area contributed by atoms with E-state index in [1.54, 1.807) is 12.1 Å². The van der Waals surface area contributed by atoms with Gasteiger partial charge in [0.15, 0.2) is 11.5 Å². The van der Waals surface area contributed by atoms with E-state index in [0.717, 1.165) is 34.5 Å². The van der Waals surface area contributed by atoms with Crippen LogP contribution in [0.3, 0.4) is 0 Å². The van der Waals surface area contributed by atoms with Crippen LogP contribution in [0.25, 0.3) is 0 Å². The highest BCUT2D eigenvalue weighted by molar-refractivity contribution is 5.45. The first kappa shape index (κ1) is 23.7. The summed E-state index contributed by atoms with van der Waals surface area (Å²) < 4.78 is 49.8. The molecule has 0 fully saturated rings. The number of benzene rings is 3. The molecule has 0 spiro atoms. The average Bonchev–Trinajstić information content (AvgIpc) is 3.32. The lowest BCUT2D eigenvalue weighted by Crippen LogP contribution is -2.31. The number of rotatable bonds is 9. The van der Waals surface area contributed by atoms with Gasteiger partial charge in [-0.2, -0.15) is 13.2 Å². The summed E-state index contributed by atoms with van der Waals surface area (Å²) in [5.41, 5.74) is 3.06. The monoisotopic (exact) mass is 468 g/mol. The van der Waals surface area contributed by atoms with E-state index >= 15 is 0 Å². The van der Waals surface area contributed by atoms with E-state index in [0.29, 0.717) is 24.3 Å². The Kier molecular flexibility index (Phi) is 7.12. The van der Waals surface area contributed by atoms with E-state index in [-0.39, 0.29) is 18.9 Å². The molecule has 1 heterocycles. The van der Waals surface area contributed by atoms with Crippen molar-refractivity contribution in [2.45, 2.75) is 31.1 Å². The van der Waals surface area contributed by atoms with Gasteiger partial charge in [-0.25, -0.2) is 0 Å². The van der Waals surface area contributed by atoms with Crippen LogP contribution in [0.2, 0.25) is 0 Å². The molecule has 0 saturated heterocycles. The standard InChI is InChI=1S/C27H27F3N2O2/c1-18(31-2)26(20-6-4-3-5-7-20)32-23(21-11-15-24-25(16-21)34-17-33-24)14-10-19-8-12-22(13-9-19)27(28,29)30/h3-9,11-13,15-16,23,26,31-32H,1,10,14,17H2,2H3/t23-,26+/m1/s1. The number of likely N-dealkylation sites (N-methyl/N-ethyl adjacent to an activating group) is 1. The molecular weight excluding hydrogens is 441 g/mol. The van der Waals surface area contributed by atoms with Crippen molar-refractivity contribution < 1.29 is 22.6 Å². The molecule has 0 saturated carbocycles. The smallest absolute Gasteiger partial charge is 0.416 e. The van der Waals surface area contributed by atoms with E-state index in [2.05, 4.69) is 17.2 Å². The van der Waals surface area contributed by atoms with Gasteiger partial charge < -0.3 is 14.8 Å². The zero-order chi connectivity index (χ0) is 24.1. The summed E-state index contributed by atoms with van der Waals surface area (Å²) in [4.78, 5) is 0. The molecule has 3 aromatic carbocycles. The first-order valence-corrected chi connectivity index (χ1v) is 11.1. The van der Waals surface area contributed by atoms with Crippen LogP contribution in [0.1, 0.15) is 40.8 Å². The van der Waals surface area contributed by atoms with Gasteiger partial charge in [0, 0.05) is 18.8 Å². The van der Waals surface area contributed by atoms with Crippen LogP contribution >= 0.6 is 0 Å².